The first-order chi connectivity index (χ1) is 23.5. The van der Waals surface area contributed by atoms with E-state index in [1.54, 1.807) is 20.8 Å². The van der Waals surface area contributed by atoms with Crippen LogP contribution in [0, 0.1) is 39.9 Å². The fraction of sp³-hybridized carbons (Fsp3) is 0.839. The molecule has 6 N–H and O–H groups in total. The number of carboxylic acid groups (broad SMARTS) is 2. The number of carbonyl (C=O) groups is 3. The van der Waals surface area contributed by atoms with Crippen molar-refractivity contribution in [1.29, 1.82) is 0 Å². The van der Waals surface area contributed by atoms with Gasteiger partial charge >= 0.3 is 90.1 Å². The average Bonchev–Trinajstić information content (AvgIpc) is 3.16. The zero-order valence-corrected chi connectivity index (χ0v) is 34.1. The van der Waals surface area contributed by atoms with Crippen LogP contribution in [0.1, 0.15) is 72.1 Å². The number of esters is 1. The Labute approximate surface area is 344 Å². The van der Waals surface area contributed by atoms with E-state index in [-0.39, 0.29) is 88.4 Å². The predicted octanol–water partition coefficient (Wildman–Crippen LogP) is -1.87. The zero-order valence-electron chi connectivity index (χ0n) is 29.3. The molecule has 0 aromatic carbocycles. The second kappa shape index (κ2) is 15.7. The number of carbonyl (C=O) groups excluding carboxylic acids is 1. The smallest absolute Gasteiger partial charge is 0.480 e. The van der Waals surface area contributed by atoms with E-state index in [1.807, 2.05) is 0 Å². The minimum atomic E-state index is -5.51. The van der Waals surface area contributed by atoms with Crippen LogP contribution < -0.4 is 51.4 Å². The van der Waals surface area contributed by atoms with Crippen molar-refractivity contribution in [2.24, 2.45) is 39.9 Å². The standard InChI is InChI=1S/C31H46O18S2.K/c1-14(2)9-21(33)47-24-23(49-51(42,43)44)22(48-50(39,40)41)18(13-32)46-26(24)45-17-11-29(4)19-6-5-16-10-30(19,25(34)15(16)3)8-7-20(29)31(12-17,27(35)36)28(37)38;/h14,16-20,22-26,32,34H,3,5-13H2,1-2,4H3,(H,35,36)(H,37,38)(H,39,40,41)(H,42,43,44);/q;+1. The summed E-state index contributed by atoms with van der Waals surface area (Å²) in [4.78, 5) is 39.3. The molecule has 52 heavy (non-hydrogen) atoms. The Morgan fingerprint density at radius 3 is 2.06 bits per heavy atom. The summed E-state index contributed by atoms with van der Waals surface area (Å²) >= 11 is 0. The van der Waals surface area contributed by atoms with Crippen molar-refractivity contribution < 1.29 is 135 Å². The van der Waals surface area contributed by atoms with E-state index >= 15 is 0 Å². The first-order valence-electron chi connectivity index (χ1n) is 16.7. The number of carboxylic acids is 2. The normalized spacial score (nSPS) is 39.9. The van der Waals surface area contributed by atoms with Gasteiger partial charge in [-0.1, -0.05) is 27.4 Å². The van der Waals surface area contributed by atoms with Gasteiger partial charge in [0.2, 0.25) is 0 Å². The molecule has 5 rings (SSSR count). The Morgan fingerprint density at radius 2 is 1.52 bits per heavy atom. The van der Waals surface area contributed by atoms with Gasteiger partial charge < -0.3 is 34.6 Å². The van der Waals surface area contributed by atoms with Crippen LogP contribution in [0.2, 0.25) is 0 Å². The number of hydrogen-bond acceptors (Lipinski definition) is 14. The van der Waals surface area contributed by atoms with Gasteiger partial charge in [-0.15, -0.1) is 0 Å². The molecule has 1 aliphatic heterocycles. The van der Waals surface area contributed by atoms with E-state index < -0.39 is 117 Å². The summed E-state index contributed by atoms with van der Waals surface area (Å²) in [5, 5.41) is 42.9. The summed E-state index contributed by atoms with van der Waals surface area (Å²) in [5.74, 6) is -5.84. The average molecular weight is 810 g/mol. The van der Waals surface area contributed by atoms with E-state index in [0.29, 0.717) is 31.3 Å². The number of aliphatic carboxylic acids is 2. The Bertz CT molecular complexity index is 1620. The molecule has 1 saturated heterocycles. The summed E-state index contributed by atoms with van der Waals surface area (Å²) in [7, 11) is -11.0. The van der Waals surface area contributed by atoms with Crippen molar-refractivity contribution in [3.8, 4) is 0 Å². The van der Waals surface area contributed by atoms with Gasteiger partial charge in [0.05, 0.1) is 18.8 Å². The largest absolute Gasteiger partial charge is 1.00 e. The monoisotopic (exact) mass is 809 g/mol. The quantitative estimate of drug-likeness (QED) is 0.0314. The van der Waals surface area contributed by atoms with Crippen LogP contribution in [0.25, 0.3) is 0 Å². The van der Waals surface area contributed by atoms with Crippen LogP contribution in [-0.2, 0) is 57.8 Å². The predicted molar refractivity (Wildman–Crippen MR) is 169 cm³/mol. The van der Waals surface area contributed by atoms with Crippen molar-refractivity contribution in [3.05, 3.63) is 12.2 Å². The van der Waals surface area contributed by atoms with Gasteiger partial charge in [0.15, 0.2) is 23.9 Å². The van der Waals surface area contributed by atoms with Gasteiger partial charge in [-0.3, -0.25) is 23.5 Å². The van der Waals surface area contributed by atoms with Crippen molar-refractivity contribution in [2.45, 2.75) is 115 Å². The number of fused-ring (bicyclic) bond motifs is 3. The third kappa shape index (κ3) is 8.11. The molecule has 4 saturated carbocycles. The summed E-state index contributed by atoms with van der Waals surface area (Å²) in [6.07, 6.45) is -11.5. The molecule has 0 aromatic rings. The maximum atomic E-state index is 13.1. The van der Waals surface area contributed by atoms with Gasteiger partial charge in [0.25, 0.3) is 0 Å². The summed E-state index contributed by atoms with van der Waals surface area (Å²) < 4.78 is 93.4. The molecule has 1 spiro atoms. The van der Waals surface area contributed by atoms with Crippen molar-refractivity contribution in [2.75, 3.05) is 6.61 Å². The van der Waals surface area contributed by atoms with Crippen LogP contribution in [-0.4, -0.2) is 114 Å². The fourth-order valence-corrected chi connectivity index (χ4v) is 11.3. The zero-order chi connectivity index (χ0) is 38.1. The molecule has 0 aromatic heterocycles. The van der Waals surface area contributed by atoms with Crippen molar-refractivity contribution in [3.63, 3.8) is 0 Å². The maximum absolute atomic E-state index is 13.1. The molecule has 290 valence electrons. The molecule has 5 fully saturated rings. The van der Waals surface area contributed by atoms with E-state index in [2.05, 4.69) is 10.8 Å². The molecule has 1 heterocycles. The van der Waals surface area contributed by atoms with Crippen LogP contribution in [0.15, 0.2) is 12.2 Å². The van der Waals surface area contributed by atoms with E-state index in [1.165, 1.54) is 0 Å². The molecule has 21 heteroatoms. The topological polar surface area (TPSA) is 287 Å². The second-order valence-corrected chi connectivity index (χ2v) is 17.4. The van der Waals surface area contributed by atoms with Gasteiger partial charge in [-0.25, -0.2) is 8.37 Å². The number of aliphatic hydroxyl groups is 2. The van der Waals surface area contributed by atoms with Crippen LogP contribution >= 0.6 is 0 Å². The summed E-state index contributed by atoms with van der Waals surface area (Å²) in [6.45, 7) is 8.03. The van der Waals surface area contributed by atoms with Crippen LogP contribution in [0.4, 0.5) is 0 Å². The van der Waals surface area contributed by atoms with Crippen molar-refractivity contribution in [1.82, 2.24) is 0 Å². The molecule has 4 aliphatic carbocycles. The fourth-order valence-electron chi connectivity index (χ4n) is 10.3. The number of hydrogen-bond donors (Lipinski definition) is 6. The second-order valence-electron chi connectivity index (χ2n) is 15.3. The van der Waals surface area contributed by atoms with E-state index in [4.69, 9.17) is 18.4 Å². The van der Waals surface area contributed by atoms with Gasteiger partial charge in [-0.2, -0.15) is 16.8 Å². The molecule has 5 aliphatic rings. The van der Waals surface area contributed by atoms with E-state index in [9.17, 15) is 60.8 Å². The van der Waals surface area contributed by atoms with E-state index in [0.717, 1.165) is 0 Å². The molecule has 18 nitrogen and oxygen atoms in total. The van der Waals surface area contributed by atoms with Gasteiger partial charge in [-0.05, 0) is 73.2 Å². The molecular formula is C31H46KO18S2+. The SMILES string of the molecule is C=C1C2CCC3C4(C)CC(OC5OC(CO)C(OS(=O)(=O)O)C(OS(=O)(=O)O)C5OC(=O)CC(C)C)CC(C(=O)O)(C(=O)O)C4CCC3(C2)C1O.[K+]. The molecule has 12 unspecified atom stereocenters. The Balaban J connectivity index is 0.00000605. The van der Waals surface area contributed by atoms with Crippen molar-refractivity contribution >= 4 is 38.7 Å². The Morgan fingerprint density at radius 1 is 0.923 bits per heavy atom. The number of rotatable bonds is 12. The summed E-state index contributed by atoms with van der Waals surface area (Å²) in [6, 6.07) is 0. The molecule has 12 atom stereocenters. The molecule has 0 radical (unpaired) electrons. The first-order valence-corrected chi connectivity index (χ1v) is 19.5. The summed E-state index contributed by atoms with van der Waals surface area (Å²) in [5.41, 5.74) is -3.52. The molecular weight excluding hydrogens is 764 g/mol. The third-order valence-corrected chi connectivity index (χ3v) is 12.9. The first kappa shape index (κ1) is 44.1. The van der Waals surface area contributed by atoms with Crippen LogP contribution in [0.5, 0.6) is 0 Å². The Hall–Kier alpha value is -0.634. The van der Waals surface area contributed by atoms with Gasteiger partial charge in [0, 0.05) is 18.3 Å². The number of aliphatic hydroxyl groups excluding tert-OH is 2. The Kier molecular flexibility index (Phi) is 13.3. The number of ether oxygens (including phenoxy) is 3. The maximum Gasteiger partial charge on any atom is 1.00 e. The molecule has 2 bridgehead atoms. The minimum Gasteiger partial charge on any atom is -0.480 e. The van der Waals surface area contributed by atoms with Gasteiger partial charge in [0.1, 0.15) is 12.2 Å². The third-order valence-electron chi connectivity index (χ3n) is 12.0. The molecule has 0 amide bonds. The van der Waals surface area contributed by atoms with Crippen LogP contribution in [0.3, 0.4) is 0 Å². The minimum absolute atomic E-state index is 0.